The van der Waals surface area contributed by atoms with Crippen LogP contribution in [0.5, 0.6) is 11.5 Å². The van der Waals surface area contributed by atoms with Gasteiger partial charge in [-0.15, -0.1) is 0 Å². The van der Waals surface area contributed by atoms with Crippen molar-refractivity contribution < 1.29 is 50.1 Å². The second-order valence-electron chi connectivity index (χ2n) is 11.0. The van der Waals surface area contributed by atoms with E-state index in [1.165, 1.54) is 18.2 Å². The van der Waals surface area contributed by atoms with Crippen molar-refractivity contribution in [3.05, 3.63) is 53.6 Å². The first-order valence-corrected chi connectivity index (χ1v) is 17.1. The number of hydrogen-bond donors (Lipinski definition) is 5. The summed E-state index contributed by atoms with van der Waals surface area (Å²) in [5.41, 5.74) is 1.16. The van der Waals surface area contributed by atoms with Gasteiger partial charge in [0.15, 0.2) is 0 Å². The smallest absolute Gasteiger partial charge is 0.411 e. The van der Waals surface area contributed by atoms with Crippen LogP contribution >= 0.6 is 0 Å². The van der Waals surface area contributed by atoms with Crippen molar-refractivity contribution in [2.45, 2.75) is 50.8 Å². The molecule has 6 bridgehead atoms. The number of rotatable bonds is 8. The molecule has 2 aromatic carbocycles. The minimum atomic E-state index is -4.60. The molecular weight excluding hydrogens is 675 g/mol. The van der Waals surface area contributed by atoms with Crippen LogP contribution in [0.2, 0.25) is 0 Å². The first-order chi connectivity index (χ1) is 23.3. The topological polar surface area (TPSA) is 190 Å². The fourth-order valence-electron chi connectivity index (χ4n) is 4.49. The molecule has 268 valence electrons. The Balaban J connectivity index is 1.61. The largest absolute Gasteiger partial charge is 0.494 e. The summed E-state index contributed by atoms with van der Waals surface area (Å²) in [5.74, 6) is -0.776. The predicted octanol–water partition coefficient (Wildman–Crippen LogP) is 2.22. The van der Waals surface area contributed by atoms with E-state index in [2.05, 4.69) is 36.0 Å². The molecule has 1 unspecified atom stereocenters. The number of esters is 1. The number of halogens is 3. The number of aliphatic imine (C=N–C) groups is 2. The van der Waals surface area contributed by atoms with Crippen LogP contribution in [0.1, 0.15) is 41.6 Å². The maximum absolute atomic E-state index is 13.4. The Kier molecular flexibility index (Phi) is 13.0. The number of nitrogens with one attached hydrogen (secondary N) is 5. The van der Waals surface area contributed by atoms with Gasteiger partial charge in [0.2, 0.25) is 28.3 Å². The Morgan fingerprint density at radius 1 is 1.02 bits per heavy atom. The summed E-state index contributed by atoms with van der Waals surface area (Å²) in [7, 11) is -2.60. The average molecular weight is 714 g/mol. The molecule has 0 radical (unpaired) electrons. The third kappa shape index (κ3) is 12.7. The monoisotopic (exact) mass is 713 g/mol. The Morgan fingerprint density at radius 2 is 1.73 bits per heavy atom. The quantitative estimate of drug-likeness (QED) is 0.252. The number of benzene rings is 2. The molecule has 3 aliphatic rings. The van der Waals surface area contributed by atoms with Crippen molar-refractivity contribution in [2.24, 2.45) is 9.98 Å². The predicted molar refractivity (Wildman–Crippen MR) is 173 cm³/mol. The van der Waals surface area contributed by atoms with E-state index in [-0.39, 0.29) is 36.4 Å². The van der Waals surface area contributed by atoms with Crippen LogP contribution in [-0.2, 0) is 30.8 Å². The number of alkyl halides is 3. The van der Waals surface area contributed by atoms with Crippen molar-refractivity contribution >= 4 is 39.5 Å². The number of hydrogen-bond acceptors (Lipinski definition) is 13. The summed E-state index contributed by atoms with van der Waals surface area (Å²) in [6.45, 7) is -1.13. The molecule has 5 N–H and O–H groups in total. The lowest BCUT2D eigenvalue weighted by Crippen LogP contribution is -2.54. The van der Waals surface area contributed by atoms with Crippen molar-refractivity contribution in [3.63, 3.8) is 0 Å². The van der Waals surface area contributed by atoms with E-state index in [9.17, 15) is 31.2 Å². The van der Waals surface area contributed by atoms with Crippen LogP contribution in [-0.4, -0.2) is 90.5 Å². The van der Waals surface area contributed by atoms with Gasteiger partial charge in [0.05, 0.1) is 38.7 Å². The van der Waals surface area contributed by atoms with Gasteiger partial charge in [-0.25, -0.2) is 22.9 Å². The second kappa shape index (κ2) is 17.2. The molecule has 0 fully saturated rings. The van der Waals surface area contributed by atoms with Crippen LogP contribution < -0.4 is 35.5 Å². The minimum absolute atomic E-state index is 0.0138. The van der Waals surface area contributed by atoms with E-state index in [4.69, 9.17) is 18.9 Å². The summed E-state index contributed by atoms with van der Waals surface area (Å²) >= 11 is 0. The van der Waals surface area contributed by atoms with Gasteiger partial charge in [0.1, 0.15) is 24.1 Å². The number of methoxy groups -OCH3 is 1. The molecule has 15 nitrogen and oxygen atoms in total. The van der Waals surface area contributed by atoms with E-state index < -0.39 is 53.6 Å². The number of carbonyl (C=O) groups is 2. The molecular formula is C30H38F3N7O8S. The van der Waals surface area contributed by atoms with Crippen molar-refractivity contribution in [2.75, 3.05) is 45.0 Å². The number of fused-ring (bicyclic) bond motifs is 10. The Hall–Kier alpha value is -4.62. The van der Waals surface area contributed by atoms with Crippen molar-refractivity contribution in [3.8, 4) is 11.5 Å². The molecule has 0 saturated heterocycles. The van der Waals surface area contributed by atoms with E-state index in [0.29, 0.717) is 24.5 Å². The van der Waals surface area contributed by atoms with Crippen LogP contribution in [0, 0.1) is 0 Å². The highest BCUT2D eigenvalue weighted by Crippen LogP contribution is 2.25. The average Bonchev–Trinajstić information content (AvgIpc) is 3.05. The Labute approximate surface area is 281 Å². The summed E-state index contributed by atoms with van der Waals surface area (Å²) < 4.78 is 85.7. The van der Waals surface area contributed by atoms with Gasteiger partial charge in [0.25, 0.3) is 5.91 Å². The molecule has 1 amide bonds. The minimum Gasteiger partial charge on any atom is -0.494 e. The first kappa shape index (κ1) is 37.2. The highest BCUT2D eigenvalue weighted by molar-refractivity contribution is 7.88. The number of carbonyl (C=O) groups excluding carboxylic acids is 2. The molecule has 0 spiro atoms. The summed E-state index contributed by atoms with van der Waals surface area (Å²) in [4.78, 5) is 34.2. The molecule has 0 aromatic heterocycles. The Morgan fingerprint density at radius 3 is 2.41 bits per heavy atom. The van der Waals surface area contributed by atoms with Crippen LogP contribution in [0.4, 0.5) is 18.9 Å². The van der Waals surface area contributed by atoms with Gasteiger partial charge < -0.3 is 34.9 Å². The number of amides is 1. The van der Waals surface area contributed by atoms with Gasteiger partial charge in [-0.1, -0.05) is 12.1 Å². The number of nitrogens with zero attached hydrogens (tertiary/aromatic N) is 2. The number of sulfonamides is 1. The maximum Gasteiger partial charge on any atom is 0.411 e. The van der Waals surface area contributed by atoms with Gasteiger partial charge in [-0.2, -0.15) is 18.2 Å². The third-order valence-electron chi connectivity index (χ3n) is 6.89. The van der Waals surface area contributed by atoms with Crippen molar-refractivity contribution in [1.82, 2.24) is 20.7 Å². The number of anilines is 1. The van der Waals surface area contributed by atoms with Crippen LogP contribution in [0.15, 0.2) is 52.4 Å². The van der Waals surface area contributed by atoms with Gasteiger partial charge in [-0.3, -0.25) is 10.1 Å². The fraction of sp³-hybridized carbons (Fsp3) is 0.467. The van der Waals surface area contributed by atoms with Crippen LogP contribution in [0.3, 0.4) is 0 Å². The second-order valence-corrected chi connectivity index (χ2v) is 12.8. The fourth-order valence-corrected chi connectivity index (χ4v) is 4.96. The summed E-state index contributed by atoms with van der Waals surface area (Å²) in [5, 5.41) is 11.0. The van der Waals surface area contributed by atoms with E-state index >= 15 is 0 Å². The molecule has 49 heavy (non-hydrogen) atoms. The molecule has 0 aliphatic carbocycles. The highest BCUT2D eigenvalue weighted by Gasteiger charge is 2.31. The normalized spacial score (nSPS) is 17.9. The number of guanidine groups is 2. The first-order valence-electron chi connectivity index (χ1n) is 15.2. The number of ether oxygens (including phenoxy) is 4. The highest BCUT2D eigenvalue weighted by atomic mass is 32.2. The zero-order chi connectivity index (χ0) is 35.4. The summed E-state index contributed by atoms with van der Waals surface area (Å²) in [6.07, 6.45) is -2.05. The standard InChI is InChI=1S/C30H38F3N7O8S/c1-45-26(42)23(17-35-49(2,43)44)37-25(41)22-12-9-20-15-24(22)47-14-6-4-3-5-13-46-21-10-7-19(8-11-21)16-34-27-38-28(36-20)40-29(39-27)48-18-30(31,32)33/h7-12,15,23,29,35H,3-6,13-14,16-18H2,1-2H3,(H,37,41)(H3,34,36,38,39,40)/t23-,29?/m0/s1. The van der Waals surface area contributed by atoms with Gasteiger partial charge in [-0.05, 0) is 55.5 Å². The molecule has 3 aliphatic heterocycles. The molecule has 19 heteroatoms. The van der Waals surface area contributed by atoms with Gasteiger partial charge in [0, 0.05) is 18.3 Å². The van der Waals surface area contributed by atoms with Gasteiger partial charge >= 0.3 is 12.1 Å². The lowest BCUT2D eigenvalue weighted by Gasteiger charge is -2.26. The zero-order valence-corrected chi connectivity index (χ0v) is 27.6. The zero-order valence-electron chi connectivity index (χ0n) is 26.8. The molecule has 2 atom stereocenters. The molecule has 2 aromatic rings. The van der Waals surface area contributed by atoms with E-state index in [1.807, 2.05) is 24.3 Å². The van der Waals surface area contributed by atoms with Crippen LogP contribution in [0.25, 0.3) is 0 Å². The Bertz CT molecular complexity index is 1620. The molecule has 3 heterocycles. The molecule has 5 rings (SSSR count). The van der Waals surface area contributed by atoms with Crippen molar-refractivity contribution in [1.29, 1.82) is 0 Å². The lowest BCUT2D eigenvalue weighted by atomic mass is 10.1. The molecule has 0 saturated carbocycles. The lowest BCUT2D eigenvalue weighted by molar-refractivity contribution is -0.186. The van der Waals surface area contributed by atoms with E-state index in [1.54, 1.807) is 0 Å². The summed E-state index contributed by atoms with van der Waals surface area (Å²) in [6, 6.07) is 10.3. The van der Waals surface area contributed by atoms with E-state index in [0.717, 1.165) is 38.2 Å². The third-order valence-corrected chi connectivity index (χ3v) is 7.58. The SMILES string of the molecule is COC(=O)[C@H](CNS(C)(=O)=O)NC(=O)c1ccc2cc1OCCCCCCOc1ccc(cc1)CN=C1NC(=NC(OCC(F)(F)F)N1)N2. The maximum atomic E-state index is 13.4.